The Morgan fingerprint density at radius 2 is 1.89 bits per heavy atom. The van der Waals surface area contributed by atoms with Crippen LogP contribution in [0.4, 0.5) is 8.78 Å². The minimum absolute atomic E-state index is 0.131. The van der Waals surface area contributed by atoms with E-state index in [1.54, 1.807) is 24.9 Å². The first kappa shape index (κ1) is 30.8. The highest BCUT2D eigenvalue weighted by atomic mass is 19.1. The second kappa shape index (κ2) is 15.0. The van der Waals surface area contributed by atoms with Gasteiger partial charge in [0.05, 0.1) is 5.57 Å². The molecule has 7 nitrogen and oxygen atoms in total. The van der Waals surface area contributed by atoms with Crippen LogP contribution in [-0.4, -0.2) is 53.4 Å². The highest BCUT2D eigenvalue weighted by Crippen LogP contribution is 2.40. The van der Waals surface area contributed by atoms with E-state index < -0.39 is 17.5 Å². The van der Waals surface area contributed by atoms with Crippen LogP contribution in [0.3, 0.4) is 0 Å². The Hall–Kier alpha value is -3.20. The number of rotatable bonds is 6. The molecule has 4 N–H and O–H groups in total. The van der Waals surface area contributed by atoms with E-state index in [1.165, 1.54) is 11.0 Å². The van der Waals surface area contributed by atoms with Crippen LogP contribution in [-0.2, 0) is 16.1 Å². The predicted octanol–water partition coefficient (Wildman–Crippen LogP) is 4.52. The summed E-state index contributed by atoms with van der Waals surface area (Å²) in [7, 11) is 1.65. The Labute approximate surface area is 213 Å². The van der Waals surface area contributed by atoms with E-state index >= 15 is 0 Å². The van der Waals surface area contributed by atoms with Gasteiger partial charge in [-0.15, -0.1) is 0 Å². The summed E-state index contributed by atoms with van der Waals surface area (Å²) in [5.74, 6) is -2.49. The number of aliphatic hydroxyl groups excluding tert-OH is 1. The number of carbonyl (C=O) groups is 2. The predicted molar refractivity (Wildman–Crippen MR) is 139 cm³/mol. The Balaban J connectivity index is 0.000000982. The van der Waals surface area contributed by atoms with Crippen molar-refractivity contribution in [3.8, 4) is 0 Å². The fourth-order valence-electron chi connectivity index (χ4n) is 3.71. The highest BCUT2D eigenvalue weighted by Gasteiger charge is 2.39. The molecule has 36 heavy (non-hydrogen) atoms. The maximum absolute atomic E-state index is 13.9. The van der Waals surface area contributed by atoms with Crippen LogP contribution in [0.1, 0.15) is 59.4 Å². The molecule has 9 heteroatoms. The highest BCUT2D eigenvalue weighted by molar-refractivity contribution is 6.03. The Morgan fingerprint density at radius 1 is 1.25 bits per heavy atom. The summed E-state index contributed by atoms with van der Waals surface area (Å²) in [6.07, 6.45) is 3.99. The molecular weight excluding hydrogens is 466 g/mol. The number of hydrogen-bond acceptors (Lipinski definition) is 5. The largest absolute Gasteiger partial charge is 0.505 e. The molecule has 1 aromatic rings. The number of fused-ring (bicyclic) bond motifs is 1. The summed E-state index contributed by atoms with van der Waals surface area (Å²) >= 11 is 0. The van der Waals surface area contributed by atoms with Crippen LogP contribution < -0.4 is 11.1 Å². The monoisotopic (exact) mass is 506 g/mol. The van der Waals surface area contributed by atoms with E-state index in [1.807, 2.05) is 20.8 Å². The number of hydrogen-bond donors (Lipinski definition) is 3. The summed E-state index contributed by atoms with van der Waals surface area (Å²) in [5.41, 5.74) is 6.54. The number of benzene rings is 1. The van der Waals surface area contributed by atoms with Crippen LogP contribution >= 0.6 is 0 Å². The lowest BCUT2D eigenvalue weighted by Gasteiger charge is -2.33. The lowest BCUT2D eigenvalue weighted by atomic mass is 9.94. The van der Waals surface area contributed by atoms with Crippen LogP contribution in [0.2, 0.25) is 0 Å². The summed E-state index contributed by atoms with van der Waals surface area (Å²) in [5, 5.41) is 13.5. The van der Waals surface area contributed by atoms with Gasteiger partial charge < -0.3 is 26.0 Å². The fourth-order valence-corrected chi connectivity index (χ4v) is 3.71. The number of nitrogens with two attached hydrogens (primary N) is 1. The van der Waals surface area contributed by atoms with E-state index in [0.29, 0.717) is 25.2 Å². The maximum Gasteiger partial charge on any atom is 0.274 e. The van der Waals surface area contributed by atoms with Crippen LogP contribution in [0, 0.1) is 11.6 Å². The molecule has 1 fully saturated rings. The van der Waals surface area contributed by atoms with E-state index in [2.05, 4.69) is 12.2 Å². The SMILES string of the molecule is C/C=C1/C(O)=C(C(=O)N(C)CC)N2CCCC2=C1C(=O)NCc1ccc(F)cc1F.CC.CCCN. The van der Waals surface area contributed by atoms with Crippen molar-refractivity contribution in [2.45, 2.75) is 60.4 Å². The Morgan fingerprint density at radius 3 is 2.42 bits per heavy atom. The average molecular weight is 507 g/mol. The fraction of sp³-hybridized carbons (Fsp3) is 0.481. The zero-order chi connectivity index (χ0) is 27.4. The van der Waals surface area contributed by atoms with Gasteiger partial charge in [0, 0.05) is 49.6 Å². The summed E-state index contributed by atoms with van der Waals surface area (Å²) in [6.45, 7) is 11.2. The molecule has 2 aliphatic heterocycles. The normalized spacial score (nSPS) is 15.6. The number of allylic oxidation sites excluding steroid dienone is 3. The van der Waals surface area contributed by atoms with E-state index in [0.717, 1.165) is 31.5 Å². The molecule has 2 heterocycles. The third-order valence-corrected chi connectivity index (χ3v) is 5.71. The van der Waals surface area contributed by atoms with Gasteiger partial charge in [-0.25, -0.2) is 8.78 Å². The number of nitrogens with zero attached hydrogens (tertiary/aromatic N) is 2. The number of aliphatic hydroxyl groups is 1. The van der Waals surface area contributed by atoms with Crippen molar-refractivity contribution >= 4 is 11.8 Å². The minimum Gasteiger partial charge on any atom is -0.505 e. The summed E-state index contributed by atoms with van der Waals surface area (Å²) < 4.78 is 27.0. The third kappa shape index (κ3) is 7.16. The standard InChI is InChI=1S/C22H25F2N3O3.C3H9N.C2H6/c1-4-15-18(21(29)25-12-13-8-9-14(23)11-16(13)24)17-7-6-10-27(17)19(20(15)28)22(30)26(3)5-2;1-2-3-4;1-2/h4,8-9,11,28H,5-7,10,12H2,1-3H3,(H,25,29);2-4H2,1H3;1-2H3/b15-4+;;. The molecule has 0 bridgehead atoms. The maximum atomic E-state index is 13.9. The molecule has 0 saturated carbocycles. The smallest absolute Gasteiger partial charge is 0.274 e. The van der Waals surface area contributed by atoms with Crippen LogP contribution in [0.5, 0.6) is 0 Å². The number of halogens is 2. The Bertz CT molecular complexity index is 1020. The first-order valence-corrected chi connectivity index (χ1v) is 12.5. The summed E-state index contributed by atoms with van der Waals surface area (Å²) in [4.78, 5) is 29.0. The molecule has 1 saturated heterocycles. The van der Waals surface area contributed by atoms with Crippen molar-refractivity contribution in [1.29, 1.82) is 0 Å². The molecule has 0 aliphatic carbocycles. The minimum atomic E-state index is -0.747. The number of nitrogens with one attached hydrogen (secondary N) is 1. The molecule has 200 valence electrons. The molecule has 2 aliphatic rings. The van der Waals surface area contributed by atoms with Gasteiger partial charge in [-0.1, -0.05) is 32.9 Å². The second-order valence-electron chi connectivity index (χ2n) is 8.00. The van der Waals surface area contributed by atoms with Crippen molar-refractivity contribution in [1.82, 2.24) is 15.1 Å². The van der Waals surface area contributed by atoms with Crippen LogP contribution in [0.25, 0.3) is 0 Å². The molecular formula is C27H40F2N4O3. The van der Waals surface area contributed by atoms with Gasteiger partial charge in [0.15, 0.2) is 5.76 Å². The number of carbonyl (C=O) groups excluding carboxylic acids is 2. The van der Waals surface area contributed by atoms with Gasteiger partial charge in [0.25, 0.3) is 11.8 Å². The van der Waals surface area contributed by atoms with Gasteiger partial charge in [-0.05, 0) is 45.7 Å². The van der Waals surface area contributed by atoms with E-state index in [9.17, 15) is 23.5 Å². The van der Waals surface area contributed by atoms with Crippen molar-refractivity contribution in [3.05, 3.63) is 69.8 Å². The molecule has 2 amide bonds. The first-order valence-electron chi connectivity index (χ1n) is 12.5. The van der Waals surface area contributed by atoms with E-state index in [-0.39, 0.29) is 40.6 Å². The number of likely N-dealkylation sites (N-methyl/N-ethyl adjacent to an activating group) is 1. The lowest BCUT2D eigenvalue weighted by molar-refractivity contribution is -0.127. The molecule has 0 spiro atoms. The Kier molecular flexibility index (Phi) is 12.9. The molecule has 3 rings (SSSR count). The first-order chi connectivity index (χ1) is 17.2. The second-order valence-corrected chi connectivity index (χ2v) is 8.00. The molecule has 0 radical (unpaired) electrons. The van der Waals surface area contributed by atoms with Crippen LogP contribution in [0.15, 0.2) is 52.6 Å². The molecule has 0 unspecified atom stereocenters. The van der Waals surface area contributed by atoms with Crippen molar-refractivity contribution < 1.29 is 23.5 Å². The van der Waals surface area contributed by atoms with Gasteiger partial charge in [0.1, 0.15) is 17.3 Å². The van der Waals surface area contributed by atoms with Crippen molar-refractivity contribution in [2.75, 3.05) is 26.7 Å². The third-order valence-electron chi connectivity index (χ3n) is 5.71. The average Bonchev–Trinajstić information content (AvgIpc) is 3.36. The van der Waals surface area contributed by atoms with Gasteiger partial charge in [-0.2, -0.15) is 0 Å². The van der Waals surface area contributed by atoms with Gasteiger partial charge in [-0.3, -0.25) is 9.59 Å². The zero-order valence-corrected chi connectivity index (χ0v) is 22.3. The zero-order valence-electron chi connectivity index (χ0n) is 22.3. The van der Waals surface area contributed by atoms with Gasteiger partial charge >= 0.3 is 0 Å². The quantitative estimate of drug-likeness (QED) is 0.527. The van der Waals surface area contributed by atoms with Crippen molar-refractivity contribution in [2.24, 2.45) is 5.73 Å². The molecule has 0 aromatic heterocycles. The lowest BCUT2D eigenvalue weighted by Crippen LogP contribution is -2.40. The molecule has 0 atom stereocenters. The number of amides is 2. The van der Waals surface area contributed by atoms with Gasteiger partial charge in [0.2, 0.25) is 0 Å². The summed E-state index contributed by atoms with van der Waals surface area (Å²) in [6, 6.07) is 3.16. The molecule has 1 aromatic carbocycles. The topological polar surface area (TPSA) is 98.9 Å². The van der Waals surface area contributed by atoms with E-state index in [4.69, 9.17) is 5.73 Å². The van der Waals surface area contributed by atoms with Crippen molar-refractivity contribution in [3.63, 3.8) is 0 Å².